The summed E-state index contributed by atoms with van der Waals surface area (Å²) in [6.45, 7) is 8.21. The molecule has 3 aromatic rings. The lowest BCUT2D eigenvalue weighted by atomic mass is 9.82. The topological polar surface area (TPSA) is 76.7 Å². The summed E-state index contributed by atoms with van der Waals surface area (Å²) in [5.41, 5.74) is 2.73. The molecular weight excluding hydrogens is 487 g/mol. The molecule has 1 aliphatic heterocycles. The average Bonchev–Trinajstić information content (AvgIpc) is 3.12. The summed E-state index contributed by atoms with van der Waals surface area (Å²) in [7, 11) is -0.229. The Morgan fingerprint density at radius 3 is 1.87 bits per heavy atom. The van der Waals surface area contributed by atoms with Gasteiger partial charge in [0.15, 0.2) is 0 Å². The number of anilines is 2. The molecule has 4 rings (SSSR count). The Balaban J connectivity index is 1.37. The first-order chi connectivity index (χ1) is 18.6. The van der Waals surface area contributed by atoms with Crippen LogP contribution in [-0.4, -0.2) is 30.1 Å². The Kier molecular flexibility index (Phi) is 9.26. The SMILES string of the molecule is CC1(C)OB(CCCCCC(C(=O)Nc2ccccc2)C(=O)Nc2cccc(-c3ccccc3)c2)OC1(C)C. The maximum absolute atomic E-state index is 13.4. The number of nitrogens with one attached hydrogen (secondary N) is 2. The molecule has 204 valence electrons. The maximum Gasteiger partial charge on any atom is 0.457 e. The van der Waals surface area contributed by atoms with Gasteiger partial charge in [-0.05, 0) is 75.8 Å². The zero-order chi connectivity index (χ0) is 27.9. The highest BCUT2D eigenvalue weighted by Gasteiger charge is 2.50. The van der Waals surface area contributed by atoms with Crippen LogP contribution in [0.15, 0.2) is 84.9 Å². The van der Waals surface area contributed by atoms with Gasteiger partial charge in [0, 0.05) is 11.4 Å². The van der Waals surface area contributed by atoms with Crippen molar-refractivity contribution in [1.29, 1.82) is 0 Å². The van der Waals surface area contributed by atoms with Gasteiger partial charge in [0.25, 0.3) is 0 Å². The Bertz CT molecular complexity index is 1230. The van der Waals surface area contributed by atoms with Gasteiger partial charge in [-0.1, -0.05) is 79.9 Å². The molecule has 0 spiro atoms. The van der Waals surface area contributed by atoms with Gasteiger partial charge in [0.1, 0.15) is 5.92 Å². The summed E-state index contributed by atoms with van der Waals surface area (Å²) in [6.07, 6.45) is 3.74. The van der Waals surface area contributed by atoms with Gasteiger partial charge in [0.2, 0.25) is 11.8 Å². The van der Waals surface area contributed by atoms with Crippen LogP contribution in [0.5, 0.6) is 0 Å². The van der Waals surface area contributed by atoms with E-state index in [-0.39, 0.29) is 30.1 Å². The molecule has 0 radical (unpaired) electrons. The summed E-state index contributed by atoms with van der Waals surface area (Å²) in [5.74, 6) is -1.43. The average molecular weight is 526 g/mol. The van der Waals surface area contributed by atoms with Crippen LogP contribution < -0.4 is 10.6 Å². The molecule has 39 heavy (non-hydrogen) atoms. The quantitative estimate of drug-likeness (QED) is 0.157. The van der Waals surface area contributed by atoms with Crippen molar-refractivity contribution in [3.63, 3.8) is 0 Å². The number of benzene rings is 3. The second-order valence-corrected chi connectivity index (χ2v) is 11.2. The van der Waals surface area contributed by atoms with Crippen molar-refractivity contribution in [1.82, 2.24) is 0 Å². The fraction of sp³-hybridized carbons (Fsp3) is 0.375. The first-order valence-electron chi connectivity index (χ1n) is 13.8. The predicted octanol–water partition coefficient (Wildman–Crippen LogP) is 7.20. The van der Waals surface area contributed by atoms with Gasteiger partial charge < -0.3 is 19.9 Å². The fourth-order valence-electron chi connectivity index (χ4n) is 4.69. The molecule has 0 aromatic heterocycles. The molecule has 0 bridgehead atoms. The lowest BCUT2D eigenvalue weighted by Crippen LogP contribution is -2.41. The number of para-hydroxylation sites is 1. The molecule has 3 aromatic carbocycles. The van der Waals surface area contributed by atoms with E-state index in [4.69, 9.17) is 9.31 Å². The van der Waals surface area contributed by atoms with Crippen LogP contribution in [-0.2, 0) is 18.9 Å². The Morgan fingerprint density at radius 1 is 0.692 bits per heavy atom. The molecule has 1 saturated heterocycles. The van der Waals surface area contributed by atoms with Crippen molar-refractivity contribution in [2.75, 3.05) is 10.6 Å². The van der Waals surface area contributed by atoms with Crippen molar-refractivity contribution in [2.24, 2.45) is 5.92 Å². The maximum atomic E-state index is 13.4. The van der Waals surface area contributed by atoms with Crippen LogP contribution in [0.4, 0.5) is 11.4 Å². The zero-order valence-electron chi connectivity index (χ0n) is 23.4. The standard InChI is InChI=1S/C32H39BN2O4/c1-31(2)32(3,4)39-33(38-31)22-13-7-12-21-28(29(36)34-26-18-10-6-11-19-26)30(37)35-27-20-14-17-25(23-27)24-15-8-5-9-16-24/h5-6,8-11,14-20,23,28H,7,12-13,21-22H2,1-4H3,(H,34,36)(H,35,37). The normalized spacial score (nSPS) is 16.5. The van der Waals surface area contributed by atoms with Crippen LogP contribution >= 0.6 is 0 Å². The molecule has 1 heterocycles. The van der Waals surface area contributed by atoms with Gasteiger partial charge >= 0.3 is 7.12 Å². The van der Waals surface area contributed by atoms with E-state index in [1.165, 1.54) is 0 Å². The van der Waals surface area contributed by atoms with E-state index in [9.17, 15) is 9.59 Å². The third-order valence-corrected chi connectivity index (χ3v) is 7.65. The van der Waals surface area contributed by atoms with Crippen LogP contribution in [0.1, 0.15) is 53.4 Å². The number of amides is 2. The van der Waals surface area contributed by atoms with Crippen molar-refractivity contribution < 1.29 is 18.9 Å². The van der Waals surface area contributed by atoms with Gasteiger partial charge in [-0.2, -0.15) is 0 Å². The lowest BCUT2D eigenvalue weighted by molar-refractivity contribution is -0.129. The van der Waals surface area contributed by atoms with Crippen LogP contribution in [0.25, 0.3) is 11.1 Å². The van der Waals surface area contributed by atoms with E-state index in [0.717, 1.165) is 36.7 Å². The van der Waals surface area contributed by atoms with E-state index in [0.29, 0.717) is 17.8 Å². The first-order valence-corrected chi connectivity index (χ1v) is 13.8. The fourth-order valence-corrected chi connectivity index (χ4v) is 4.69. The second-order valence-electron chi connectivity index (χ2n) is 11.2. The van der Waals surface area contributed by atoms with Gasteiger partial charge in [-0.3, -0.25) is 9.59 Å². The molecule has 1 atom stereocenters. The number of hydrogen-bond donors (Lipinski definition) is 2. The Hall–Kier alpha value is -3.42. The molecule has 0 saturated carbocycles. The minimum atomic E-state index is -0.817. The molecule has 0 aliphatic carbocycles. The van der Waals surface area contributed by atoms with Crippen LogP contribution in [0.3, 0.4) is 0 Å². The highest BCUT2D eigenvalue weighted by Crippen LogP contribution is 2.38. The van der Waals surface area contributed by atoms with Crippen LogP contribution in [0, 0.1) is 5.92 Å². The van der Waals surface area contributed by atoms with Crippen molar-refractivity contribution in [3.8, 4) is 11.1 Å². The van der Waals surface area contributed by atoms with Gasteiger partial charge in [0.05, 0.1) is 11.2 Å². The van der Waals surface area contributed by atoms with Gasteiger partial charge in [-0.15, -0.1) is 0 Å². The smallest absolute Gasteiger partial charge is 0.403 e. The number of unbranched alkanes of at least 4 members (excludes halogenated alkanes) is 2. The van der Waals surface area contributed by atoms with E-state index in [2.05, 4.69) is 38.3 Å². The summed E-state index contributed by atoms with van der Waals surface area (Å²) in [4.78, 5) is 26.6. The minimum absolute atomic E-state index is 0.229. The zero-order valence-corrected chi connectivity index (χ0v) is 23.4. The monoisotopic (exact) mass is 526 g/mol. The van der Waals surface area contributed by atoms with E-state index in [1.807, 2.05) is 84.9 Å². The number of hydrogen-bond acceptors (Lipinski definition) is 4. The van der Waals surface area contributed by atoms with Crippen molar-refractivity contribution in [3.05, 3.63) is 84.9 Å². The summed E-state index contributed by atoms with van der Waals surface area (Å²) < 4.78 is 12.2. The lowest BCUT2D eigenvalue weighted by Gasteiger charge is -2.32. The third-order valence-electron chi connectivity index (χ3n) is 7.65. The van der Waals surface area contributed by atoms with E-state index in [1.54, 1.807) is 0 Å². The number of carbonyl (C=O) groups is 2. The molecule has 1 aliphatic rings. The first kappa shape index (κ1) is 28.6. The highest BCUT2D eigenvalue weighted by molar-refractivity contribution is 6.45. The van der Waals surface area contributed by atoms with E-state index >= 15 is 0 Å². The minimum Gasteiger partial charge on any atom is -0.403 e. The van der Waals surface area contributed by atoms with Crippen molar-refractivity contribution >= 4 is 30.3 Å². The molecule has 7 heteroatoms. The molecule has 1 fully saturated rings. The number of rotatable bonds is 11. The molecule has 2 amide bonds. The van der Waals surface area contributed by atoms with E-state index < -0.39 is 5.92 Å². The Morgan fingerprint density at radius 2 is 1.23 bits per heavy atom. The van der Waals surface area contributed by atoms with Gasteiger partial charge in [-0.25, -0.2) is 0 Å². The Labute approximate surface area is 232 Å². The largest absolute Gasteiger partial charge is 0.457 e. The number of carbonyl (C=O) groups excluding carboxylic acids is 2. The molecule has 1 unspecified atom stereocenters. The third kappa shape index (κ3) is 7.58. The molecular formula is C32H39BN2O4. The molecule has 6 nitrogen and oxygen atoms in total. The van der Waals surface area contributed by atoms with Crippen LogP contribution in [0.2, 0.25) is 6.32 Å². The molecule has 2 N–H and O–H groups in total. The summed E-state index contributed by atoms with van der Waals surface area (Å²) >= 11 is 0. The summed E-state index contributed by atoms with van der Waals surface area (Å²) in [5, 5.41) is 5.89. The van der Waals surface area contributed by atoms with Crippen molar-refractivity contribution in [2.45, 2.75) is 70.9 Å². The second kappa shape index (κ2) is 12.6. The predicted molar refractivity (Wildman–Crippen MR) is 158 cm³/mol. The highest BCUT2D eigenvalue weighted by atomic mass is 16.7. The summed E-state index contributed by atoms with van der Waals surface area (Å²) in [6, 6.07) is 26.9.